The molecule has 1 aliphatic rings. The Hall–Kier alpha value is -1.24. The van der Waals surface area contributed by atoms with E-state index in [4.69, 9.17) is 23.2 Å². The van der Waals surface area contributed by atoms with Crippen molar-refractivity contribution in [2.75, 3.05) is 35.5 Å². The van der Waals surface area contributed by atoms with Crippen molar-refractivity contribution in [3.05, 3.63) is 29.3 Å². The Morgan fingerprint density at radius 2 is 2.09 bits per heavy atom. The van der Waals surface area contributed by atoms with Gasteiger partial charge in [0.15, 0.2) is 5.17 Å². The molecule has 124 valence electrons. The lowest BCUT2D eigenvalue weighted by molar-refractivity contribution is -0.116. The van der Waals surface area contributed by atoms with Gasteiger partial charge in [-0.05, 0) is 30.2 Å². The quantitative estimate of drug-likeness (QED) is 0.454. The molecular formula is C15H18Cl2N4OS. The van der Waals surface area contributed by atoms with Crippen LogP contribution in [-0.4, -0.2) is 47.9 Å². The maximum atomic E-state index is 11.1. The highest BCUT2D eigenvalue weighted by Crippen LogP contribution is 2.19. The maximum Gasteiger partial charge on any atom is 0.236 e. The summed E-state index contributed by atoms with van der Waals surface area (Å²) in [5, 5.41) is 11.2. The van der Waals surface area contributed by atoms with Gasteiger partial charge in [-0.15, -0.1) is 28.3 Å². The second-order valence-corrected chi connectivity index (χ2v) is 6.61. The highest BCUT2D eigenvalue weighted by Gasteiger charge is 2.15. The minimum absolute atomic E-state index is 0.0387. The first-order valence-corrected chi connectivity index (χ1v) is 9.20. The van der Waals surface area contributed by atoms with E-state index in [2.05, 4.69) is 26.5 Å². The van der Waals surface area contributed by atoms with E-state index >= 15 is 0 Å². The van der Waals surface area contributed by atoms with Gasteiger partial charge < -0.3 is 10.2 Å². The minimum Gasteiger partial charge on any atom is -0.369 e. The summed E-state index contributed by atoms with van der Waals surface area (Å²) in [4.78, 5) is 13.2. The second-order valence-electron chi connectivity index (χ2n) is 4.89. The fourth-order valence-corrected chi connectivity index (χ4v) is 3.14. The molecule has 1 aliphatic heterocycles. The number of hydrogen-bond acceptors (Lipinski definition) is 5. The Balaban J connectivity index is 2.08. The van der Waals surface area contributed by atoms with Gasteiger partial charge in [-0.3, -0.25) is 4.79 Å². The summed E-state index contributed by atoms with van der Waals surface area (Å²) in [5.74, 6) is 1.47. The first-order chi connectivity index (χ1) is 11.1. The first kappa shape index (κ1) is 18.1. The number of amides is 1. The van der Waals surface area contributed by atoms with Crippen LogP contribution >= 0.6 is 35.0 Å². The average molecular weight is 373 g/mol. The standard InChI is InChI=1S/C15H18Cl2N4OS/c1-11-8-13(21(6-4-16)7-5-17)3-2-12(11)9-18-20-15-19-14(22)10-23-15/h2-3,8-9H,4-7,10H2,1H3,(H,19,20,22). The third-order valence-electron chi connectivity index (χ3n) is 3.26. The molecule has 8 heteroatoms. The van der Waals surface area contributed by atoms with Crippen LogP contribution in [0.3, 0.4) is 0 Å². The zero-order chi connectivity index (χ0) is 16.7. The molecule has 1 aromatic carbocycles. The summed E-state index contributed by atoms with van der Waals surface area (Å²) in [6.45, 7) is 3.53. The van der Waals surface area contributed by atoms with Gasteiger partial charge in [0.25, 0.3) is 0 Å². The van der Waals surface area contributed by atoms with Crippen LogP contribution in [0.25, 0.3) is 0 Å². The van der Waals surface area contributed by atoms with Gasteiger partial charge in [-0.2, -0.15) is 5.10 Å². The van der Waals surface area contributed by atoms with Crippen molar-refractivity contribution < 1.29 is 4.79 Å². The maximum absolute atomic E-state index is 11.1. The number of benzene rings is 1. The minimum atomic E-state index is -0.0387. The van der Waals surface area contributed by atoms with Gasteiger partial charge in [0.05, 0.1) is 12.0 Å². The number of thioether (sulfide) groups is 1. The molecule has 0 bridgehead atoms. The van der Waals surface area contributed by atoms with E-state index in [1.165, 1.54) is 11.8 Å². The van der Waals surface area contributed by atoms with E-state index in [0.29, 0.717) is 22.7 Å². The van der Waals surface area contributed by atoms with Gasteiger partial charge >= 0.3 is 0 Å². The number of rotatable bonds is 7. The monoisotopic (exact) mass is 372 g/mol. The number of anilines is 1. The molecule has 1 heterocycles. The summed E-state index contributed by atoms with van der Waals surface area (Å²) in [6, 6.07) is 6.09. The molecule has 5 nitrogen and oxygen atoms in total. The van der Waals surface area contributed by atoms with E-state index in [1.54, 1.807) is 6.21 Å². The smallest absolute Gasteiger partial charge is 0.236 e. The Morgan fingerprint density at radius 1 is 1.35 bits per heavy atom. The number of nitrogens with zero attached hydrogens (tertiary/aromatic N) is 3. The molecule has 1 saturated heterocycles. The van der Waals surface area contributed by atoms with Gasteiger partial charge in [0, 0.05) is 30.5 Å². The van der Waals surface area contributed by atoms with Crippen LogP contribution in [0.4, 0.5) is 5.69 Å². The molecule has 23 heavy (non-hydrogen) atoms. The predicted octanol–water partition coefficient (Wildman–Crippen LogP) is 2.83. The molecular weight excluding hydrogens is 355 g/mol. The molecule has 1 fully saturated rings. The summed E-state index contributed by atoms with van der Waals surface area (Å²) < 4.78 is 0. The third-order valence-corrected chi connectivity index (χ3v) is 4.46. The van der Waals surface area contributed by atoms with Gasteiger partial charge in [-0.25, -0.2) is 0 Å². The molecule has 0 atom stereocenters. The van der Waals surface area contributed by atoms with Crippen LogP contribution in [0, 0.1) is 6.92 Å². The Kier molecular flexibility index (Phi) is 7.20. The number of halogens is 2. The summed E-state index contributed by atoms with van der Waals surface area (Å²) in [6.07, 6.45) is 1.69. The second kappa shape index (κ2) is 9.15. The van der Waals surface area contributed by atoms with Crippen molar-refractivity contribution >= 4 is 57.9 Å². The topological polar surface area (TPSA) is 57.1 Å². The zero-order valence-electron chi connectivity index (χ0n) is 12.8. The van der Waals surface area contributed by atoms with E-state index in [-0.39, 0.29) is 5.91 Å². The molecule has 1 aromatic rings. The van der Waals surface area contributed by atoms with E-state index in [1.807, 2.05) is 19.1 Å². The zero-order valence-corrected chi connectivity index (χ0v) is 15.1. The molecule has 2 rings (SSSR count). The van der Waals surface area contributed by atoms with Crippen molar-refractivity contribution in [1.29, 1.82) is 0 Å². The number of carbonyl (C=O) groups is 1. The number of aryl methyl sites for hydroxylation is 1. The summed E-state index contributed by atoms with van der Waals surface area (Å²) in [5.41, 5.74) is 3.15. The molecule has 0 aliphatic carbocycles. The van der Waals surface area contributed by atoms with Crippen molar-refractivity contribution in [2.24, 2.45) is 10.2 Å². The molecule has 1 N–H and O–H groups in total. The van der Waals surface area contributed by atoms with Crippen LogP contribution < -0.4 is 10.2 Å². The highest BCUT2D eigenvalue weighted by atomic mass is 35.5. The Labute approximate surface area is 150 Å². The van der Waals surface area contributed by atoms with Gasteiger partial charge in [-0.1, -0.05) is 17.8 Å². The van der Waals surface area contributed by atoms with E-state index < -0.39 is 0 Å². The van der Waals surface area contributed by atoms with Crippen molar-refractivity contribution in [1.82, 2.24) is 5.32 Å². The van der Waals surface area contributed by atoms with Crippen molar-refractivity contribution in [2.45, 2.75) is 6.92 Å². The summed E-state index contributed by atoms with van der Waals surface area (Å²) in [7, 11) is 0. The molecule has 1 amide bonds. The number of amidine groups is 1. The predicted molar refractivity (Wildman–Crippen MR) is 100 cm³/mol. The lowest BCUT2D eigenvalue weighted by Gasteiger charge is -2.23. The Morgan fingerprint density at radius 3 is 2.65 bits per heavy atom. The normalized spacial score (nSPS) is 16.3. The van der Waals surface area contributed by atoms with Crippen LogP contribution in [0.1, 0.15) is 11.1 Å². The summed E-state index contributed by atoms with van der Waals surface area (Å²) >= 11 is 13.0. The van der Waals surface area contributed by atoms with Crippen LogP contribution in [-0.2, 0) is 4.79 Å². The number of alkyl halides is 2. The molecule has 0 aromatic heterocycles. The van der Waals surface area contributed by atoms with Crippen molar-refractivity contribution in [3.8, 4) is 0 Å². The highest BCUT2D eigenvalue weighted by molar-refractivity contribution is 8.15. The third kappa shape index (κ3) is 5.41. The lowest BCUT2D eigenvalue weighted by Crippen LogP contribution is -2.27. The van der Waals surface area contributed by atoms with Crippen LogP contribution in [0.5, 0.6) is 0 Å². The number of carbonyl (C=O) groups excluding carboxylic acids is 1. The number of nitrogens with one attached hydrogen (secondary N) is 1. The molecule has 0 unspecified atom stereocenters. The average Bonchev–Trinajstić information content (AvgIpc) is 2.94. The molecule has 0 saturated carbocycles. The molecule has 0 radical (unpaired) electrons. The SMILES string of the molecule is Cc1cc(N(CCCl)CCCl)ccc1C=NN=C1NC(=O)CS1. The number of hydrogen-bond donors (Lipinski definition) is 1. The van der Waals surface area contributed by atoms with Gasteiger partial charge in [0.1, 0.15) is 0 Å². The largest absolute Gasteiger partial charge is 0.369 e. The van der Waals surface area contributed by atoms with Crippen molar-refractivity contribution in [3.63, 3.8) is 0 Å². The Bertz CT molecular complexity index is 615. The molecule has 0 spiro atoms. The van der Waals surface area contributed by atoms with Crippen LogP contribution in [0.2, 0.25) is 0 Å². The fraction of sp³-hybridized carbons (Fsp3) is 0.400. The first-order valence-electron chi connectivity index (χ1n) is 7.15. The van der Waals surface area contributed by atoms with E-state index in [9.17, 15) is 4.79 Å². The van der Waals surface area contributed by atoms with Gasteiger partial charge in [0.2, 0.25) is 5.91 Å². The lowest BCUT2D eigenvalue weighted by atomic mass is 10.1. The fourth-order valence-electron chi connectivity index (χ4n) is 2.10. The van der Waals surface area contributed by atoms with Crippen LogP contribution in [0.15, 0.2) is 28.4 Å². The van der Waals surface area contributed by atoms with E-state index in [0.717, 1.165) is 29.9 Å².